The highest BCUT2D eigenvalue weighted by Gasteiger charge is 2.12. The van der Waals surface area contributed by atoms with E-state index in [-0.39, 0.29) is 0 Å². The van der Waals surface area contributed by atoms with Crippen molar-refractivity contribution in [2.75, 3.05) is 13.2 Å². The molecule has 24 heavy (non-hydrogen) atoms. The zero-order valence-electron chi connectivity index (χ0n) is 13.5. The van der Waals surface area contributed by atoms with Crippen LogP contribution in [0.15, 0.2) is 46.2 Å². The summed E-state index contributed by atoms with van der Waals surface area (Å²) in [6.07, 6.45) is 1.97. The number of rotatable bonds is 7. The van der Waals surface area contributed by atoms with Gasteiger partial charge in [-0.15, -0.1) is 10.2 Å². The van der Waals surface area contributed by atoms with Gasteiger partial charge in [-0.05, 0) is 43.7 Å². The molecule has 0 saturated carbocycles. The number of aromatic nitrogens is 3. The van der Waals surface area contributed by atoms with Crippen molar-refractivity contribution in [2.24, 2.45) is 0 Å². The number of hydrogen-bond donors (Lipinski definition) is 0. The molecule has 0 unspecified atom stereocenters. The van der Waals surface area contributed by atoms with Gasteiger partial charge in [0.15, 0.2) is 22.3 Å². The second-order valence-electron chi connectivity index (χ2n) is 4.96. The van der Waals surface area contributed by atoms with E-state index in [4.69, 9.17) is 9.47 Å². The summed E-state index contributed by atoms with van der Waals surface area (Å²) in [6.45, 7) is 5.13. The van der Waals surface area contributed by atoms with Crippen LogP contribution in [0.25, 0.3) is 5.65 Å². The van der Waals surface area contributed by atoms with Gasteiger partial charge in [0.2, 0.25) is 0 Å². The minimum Gasteiger partial charge on any atom is -0.490 e. The molecule has 126 valence electrons. The number of fused-ring (bicyclic) bond motifs is 1. The number of benzene rings is 1. The molecule has 0 radical (unpaired) electrons. The number of pyridine rings is 1. The first kappa shape index (κ1) is 17.1. The molecule has 0 saturated heterocycles. The zero-order valence-corrected chi connectivity index (χ0v) is 15.9. The van der Waals surface area contributed by atoms with E-state index in [1.165, 1.54) is 0 Å². The van der Waals surface area contributed by atoms with Crippen molar-refractivity contribution in [3.8, 4) is 11.5 Å². The average molecular weight is 408 g/mol. The van der Waals surface area contributed by atoms with Gasteiger partial charge in [0, 0.05) is 16.4 Å². The molecule has 0 aliphatic heterocycles. The lowest BCUT2D eigenvalue weighted by atomic mass is 10.2. The van der Waals surface area contributed by atoms with E-state index < -0.39 is 0 Å². The van der Waals surface area contributed by atoms with Crippen LogP contribution in [0.3, 0.4) is 0 Å². The molecule has 2 heterocycles. The first-order chi connectivity index (χ1) is 11.7. The SMILES string of the molecule is CCOc1cc(Br)c(CSc2nnc3ccccn23)cc1OCC. The van der Waals surface area contributed by atoms with E-state index in [1.54, 1.807) is 11.8 Å². The van der Waals surface area contributed by atoms with Crippen molar-refractivity contribution in [3.05, 3.63) is 46.6 Å². The van der Waals surface area contributed by atoms with E-state index in [2.05, 4.69) is 26.1 Å². The Balaban J connectivity index is 1.82. The minimum absolute atomic E-state index is 0.600. The number of nitrogens with zero attached hydrogens (tertiary/aromatic N) is 3. The van der Waals surface area contributed by atoms with Crippen LogP contribution in [0.4, 0.5) is 0 Å². The molecule has 2 aromatic heterocycles. The van der Waals surface area contributed by atoms with Gasteiger partial charge in [-0.25, -0.2) is 0 Å². The van der Waals surface area contributed by atoms with E-state index in [1.807, 2.05) is 54.8 Å². The molecule has 7 heteroatoms. The predicted octanol–water partition coefficient (Wildman–Crippen LogP) is 4.58. The molecule has 5 nitrogen and oxygen atoms in total. The van der Waals surface area contributed by atoms with Gasteiger partial charge in [-0.2, -0.15) is 0 Å². The molecule has 1 aromatic carbocycles. The van der Waals surface area contributed by atoms with Crippen molar-refractivity contribution in [1.82, 2.24) is 14.6 Å². The van der Waals surface area contributed by atoms with Crippen molar-refractivity contribution in [3.63, 3.8) is 0 Å². The Morgan fingerprint density at radius 1 is 1.08 bits per heavy atom. The summed E-state index contributed by atoms with van der Waals surface area (Å²) in [5.41, 5.74) is 1.97. The third kappa shape index (κ3) is 3.67. The van der Waals surface area contributed by atoms with Crippen LogP contribution in [-0.4, -0.2) is 27.8 Å². The smallest absolute Gasteiger partial charge is 0.195 e. The molecule has 0 spiro atoms. The topological polar surface area (TPSA) is 48.7 Å². The molecule has 3 rings (SSSR count). The van der Waals surface area contributed by atoms with Crippen LogP contribution < -0.4 is 9.47 Å². The van der Waals surface area contributed by atoms with Gasteiger partial charge >= 0.3 is 0 Å². The van der Waals surface area contributed by atoms with Gasteiger partial charge in [0.05, 0.1) is 13.2 Å². The van der Waals surface area contributed by atoms with Gasteiger partial charge < -0.3 is 9.47 Å². The Morgan fingerprint density at radius 2 is 1.83 bits per heavy atom. The predicted molar refractivity (Wildman–Crippen MR) is 99.0 cm³/mol. The first-order valence-corrected chi connectivity index (χ1v) is 9.51. The summed E-state index contributed by atoms with van der Waals surface area (Å²) in [4.78, 5) is 0. The molecule has 0 N–H and O–H groups in total. The molecule has 3 aromatic rings. The third-order valence-electron chi connectivity index (χ3n) is 3.35. The fourth-order valence-electron chi connectivity index (χ4n) is 2.28. The van der Waals surface area contributed by atoms with E-state index in [0.717, 1.165) is 38.1 Å². The number of halogens is 1. The number of hydrogen-bond acceptors (Lipinski definition) is 5. The Bertz CT molecular complexity index is 838. The molecule has 0 fully saturated rings. The first-order valence-electron chi connectivity index (χ1n) is 7.73. The Morgan fingerprint density at radius 3 is 2.58 bits per heavy atom. The Labute approximate surface area is 153 Å². The fraction of sp³-hybridized carbons (Fsp3) is 0.294. The normalized spacial score (nSPS) is 11.0. The van der Waals surface area contributed by atoms with E-state index in [0.29, 0.717) is 13.2 Å². The Kier molecular flexibility index (Phi) is 5.63. The van der Waals surface area contributed by atoms with Crippen molar-refractivity contribution < 1.29 is 9.47 Å². The number of thioether (sulfide) groups is 1. The highest BCUT2D eigenvalue weighted by molar-refractivity contribution is 9.10. The van der Waals surface area contributed by atoms with Gasteiger partial charge in [-0.3, -0.25) is 4.40 Å². The molecule has 0 atom stereocenters. The lowest BCUT2D eigenvalue weighted by Crippen LogP contribution is -2.00. The summed E-state index contributed by atoms with van der Waals surface area (Å²) in [5.74, 6) is 2.28. The lowest BCUT2D eigenvalue weighted by molar-refractivity contribution is 0.287. The number of ether oxygens (including phenoxy) is 2. The molecule has 0 aliphatic rings. The molecule has 0 bridgehead atoms. The average Bonchev–Trinajstić information content (AvgIpc) is 3.00. The maximum absolute atomic E-state index is 5.70. The van der Waals surface area contributed by atoms with Crippen molar-refractivity contribution in [1.29, 1.82) is 0 Å². The maximum Gasteiger partial charge on any atom is 0.195 e. The summed E-state index contributed by atoms with van der Waals surface area (Å²) in [6, 6.07) is 9.86. The van der Waals surface area contributed by atoms with Crippen LogP contribution in [0.2, 0.25) is 0 Å². The van der Waals surface area contributed by atoms with E-state index in [9.17, 15) is 0 Å². The standard InChI is InChI=1S/C17H18BrN3O2S/c1-3-22-14-9-12(13(18)10-15(14)23-4-2)11-24-17-20-19-16-7-5-6-8-21(16)17/h5-10H,3-4,11H2,1-2H3. The van der Waals surface area contributed by atoms with Crippen LogP contribution in [0.5, 0.6) is 11.5 Å². The second kappa shape index (κ2) is 7.90. The van der Waals surface area contributed by atoms with Crippen molar-refractivity contribution >= 4 is 33.3 Å². The minimum atomic E-state index is 0.600. The summed E-state index contributed by atoms with van der Waals surface area (Å²) < 4.78 is 14.3. The fourth-order valence-corrected chi connectivity index (χ4v) is 3.85. The van der Waals surface area contributed by atoms with Gasteiger partial charge in [0.1, 0.15) is 0 Å². The summed E-state index contributed by atoms with van der Waals surface area (Å²) in [7, 11) is 0. The molecular formula is C17H18BrN3O2S. The third-order valence-corrected chi connectivity index (χ3v) is 5.08. The van der Waals surface area contributed by atoms with Gasteiger partial charge in [0.25, 0.3) is 0 Å². The molecule has 0 amide bonds. The highest BCUT2D eigenvalue weighted by atomic mass is 79.9. The zero-order chi connectivity index (χ0) is 16.9. The summed E-state index contributed by atoms with van der Waals surface area (Å²) >= 11 is 5.26. The Hall–Kier alpha value is -1.73. The molecule has 0 aliphatic carbocycles. The summed E-state index contributed by atoms with van der Waals surface area (Å²) in [5, 5.41) is 9.29. The quantitative estimate of drug-likeness (QED) is 0.536. The van der Waals surface area contributed by atoms with Gasteiger partial charge in [-0.1, -0.05) is 33.8 Å². The van der Waals surface area contributed by atoms with Crippen LogP contribution in [0, 0.1) is 0 Å². The van der Waals surface area contributed by atoms with Crippen LogP contribution in [0.1, 0.15) is 19.4 Å². The monoisotopic (exact) mass is 407 g/mol. The maximum atomic E-state index is 5.70. The highest BCUT2D eigenvalue weighted by Crippen LogP contribution is 2.36. The molecular weight excluding hydrogens is 390 g/mol. The van der Waals surface area contributed by atoms with E-state index >= 15 is 0 Å². The second-order valence-corrected chi connectivity index (χ2v) is 6.75. The van der Waals surface area contributed by atoms with Crippen molar-refractivity contribution in [2.45, 2.75) is 24.8 Å². The van der Waals surface area contributed by atoms with Crippen LogP contribution >= 0.6 is 27.7 Å². The van der Waals surface area contributed by atoms with Crippen LogP contribution in [-0.2, 0) is 5.75 Å². The lowest BCUT2D eigenvalue weighted by Gasteiger charge is -2.14. The largest absolute Gasteiger partial charge is 0.490 e.